The monoisotopic (exact) mass is 310 g/mol. The Morgan fingerprint density at radius 2 is 2.00 bits per heavy atom. The van der Waals surface area contributed by atoms with Gasteiger partial charge in [-0.15, -0.1) is 0 Å². The zero-order valence-corrected chi connectivity index (χ0v) is 13.3. The van der Waals surface area contributed by atoms with E-state index >= 15 is 0 Å². The number of morpholine rings is 1. The Morgan fingerprint density at radius 3 is 2.87 bits per heavy atom. The fourth-order valence-corrected chi connectivity index (χ4v) is 3.92. The highest BCUT2D eigenvalue weighted by atomic mass is 16.5. The van der Waals surface area contributed by atoms with Crippen molar-refractivity contribution in [1.29, 1.82) is 0 Å². The number of aromatic nitrogens is 1. The van der Waals surface area contributed by atoms with Gasteiger partial charge in [-0.2, -0.15) is 0 Å². The minimum atomic E-state index is -0.0903. The average Bonchev–Trinajstić information content (AvgIpc) is 2.61. The lowest BCUT2D eigenvalue weighted by molar-refractivity contribution is -0.117. The summed E-state index contributed by atoms with van der Waals surface area (Å²) in [4.78, 5) is 19.0. The number of nitrogens with zero attached hydrogens (tertiary/aromatic N) is 2. The van der Waals surface area contributed by atoms with E-state index in [2.05, 4.69) is 4.98 Å². The molecule has 4 rings (SSSR count). The molecule has 1 aromatic heterocycles. The van der Waals surface area contributed by atoms with Gasteiger partial charge in [-0.1, -0.05) is 25.3 Å². The van der Waals surface area contributed by atoms with Crippen molar-refractivity contribution in [2.75, 3.05) is 19.7 Å². The highest BCUT2D eigenvalue weighted by molar-refractivity contribution is 5.98. The van der Waals surface area contributed by atoms with E-state index in [0.29, 0.717) is 13.2 Å². The van der Waals surface area contributed by atoms with Crippen LogP contribution in [0.4, 0.5) is 0 Å². The number of benzene rings is 1. The molecule has 1 spiro atoms. The maximum absolute atomic E-state index is 12.9. The van der Waals surface area contributed by atoms with E-state index < -0.39 is 0 Å². The van der Waals surface area contributed by atoms with Gasteiger partial charge in [0.1, 0.15) is 0 Å². The molecule has 4 nitrogen and oxygen atoms in total. The average molecular weight is 310 g/mol. The number of ether oxygens (including phenoxy) is 1. The Hall–Kier alpha value is -1.94. The van der Waals surface area contributed by atoms with Crippen LogP contribution in [0.5, 0.6) is 0 Å². The molecule has 2 aromatic rings. The van der Waals surface area contributed by atoms with Crippen molar-refractivity contribution < 1.29 is 9.53 Å². The largest absolute Gasteiger partial charge is 0.371 e. The first-order chi connectivity index (χ1) is 11.3. The summed E-state index contributed by atoms with van der Waals surface area (Å²) >= 11 is 0. The molecule has 23 heavy (non-hydrogen) atoms. The minimum absolute atomic E-state index is 0.0903. The summed E-state index contributed by atoms with van der Waals surface area (Å²) in [5.74, 6) is 0.122. The maximum atomic E-state index is 12.9. The van der Waals surface area contributed by atoms with Gasteiger partial charge in [0, 0.05) is 29.9 Å². The smallest absolute Gasteiger partial charge is 0.254 e. The van der Waals surface area contributed by atoms with Crippen molar-refractivity contribution in [3.05, 3.63) is 42.2 Å². The number of carbonyl (C=O) groups is 1. The van der Waals surface area contributed by atoms with Crippen LogP contribution in [0.15, 0.2) is 36.7 Å². The van der Waals surface area contributed by atoms with Crippen LogP contribution in [0.3, 0.4) is 0 Å². The molecule has 0 radical (unpaired) electrons. The second kappa shape index (κ2) is 5.93. The molecule has 1 aromatic carbocycles. The number of hydrogen-bond donors (Lipinski definition) is 0. The maximum Gasteiger partial charge on any atom is 0.254 e. The molecule has 0 N–H and O–H groups in total. The molecule has 1 saturated heterocycles. The molecule has 2 fully saturated rings. The van der Waals surface area contributed by atoms with Crippen molar-refractivity contribution in [1.82, 2.24) is 9.88 Å². The van der Waals surface area contributed by atoms with Crippen LogP contribution < -0.4 is 0 Å². The molecule has 4 heteroatoms. The molecule has 2 aliphatic rings. The van der Waals surface area contributed by atoms with Gasteiger partial charge < -0.3 is 9.64 Å². The second-order valence-electron chi connectivity index (χ2n) is 6.76. The number of fused-ring (bicyclic) bond motifs is 1. The van der Waals surface area contributed by atoms with Crippen molar-refractivity contribution in [3.63, 3.8) is 0 Å². The van der Waals surface area contributed by atoms with Gasteiger partial charge in [-0.05, 0) is 36.4 Å². The Bertz CT molecular complexity index is 717. The van der Waals surface area contributed by atoms with E-state index in [9.17, 15) is 4.79 Å². The molecule has 0 bridgehead atoms. The second-order valence-corrected chi connectivity index (χ2v) is 6.76. The molecule has 120 valence electrons. The van der Waals surface area contributed by atoms with Crippen LogP contribution in [-0.2, 0) is 4.74 Å². The first-order valence-electron chi connectivity index (χ1n) is 8.53. The van der Waals surface area contributed by atoms with Crippen LogP contribution in [0.2, 0.25) is 0 Å². The van der Waals surface area contributed by atoms with E-state index in [-0.39, 0.29) is 11.5 Å². The lowest BCUT2D eigenvalue weighted by Crippen LogP contribution is -2.54. The van der Waals surface area contributed by atoms with Crippen LogP contribution in [0, 0.1) is 0 Å². The van der Waals surface area contributed by atoms with Gasteiger partial charge in [-0.25, -0.2) is 0 Å². The predicted octanol–water partition coefficient (Wildman–Crippen LogP) is 3.41. The van der Waals surface area contributed by atoms with Crippen molar-refractivity contribution >= 4 is 16.7 Å². The van der Waals surface area contributed by atoms with Crippen molar-refractivity contribution in [2.24, 2.45) is 0 Å². The number of carbonyl (C=O) groups excluding carboxylic acids is 1. The zero-order chi connectivity index (χ0) is 15.7. The molecular formula is C19H22N2O2. The summed E-state index contributed by atoms with van der Waals surface area (Å²) in [7, 11) is 0. The van der Waals surface area contributed by atoms with Gasteiger partial charge in [0.25, 0.3) is 5.91 Å². The summed E-state index contributed by atoms with van der Waals surface area (Å²) in [6, 6.07) is 7.82. The van der Waals surface area contributed by atoms with Gasteiger partial charge in [0.15, 0.2) is 0 Å². The predicted molar refractivity (Wildman–Crippen MR) is 89.4 cm³/mol. The Kier molecular flexibility index (Phi) is 3.77. The molecule has 1 aliphatic heterocycles. The van der Waals surface area contributed by atoms with Crippen LogP contribution >= 0.6 is 0 Å². The molecule has 1 saturated carbocycles. The number of amides is 1. The summed E-state index contributed by atoms with van der Waals surface area (Å²) < 4.78 is 6.09. The van der Waals surface area contributed by atoms with Gasteiger partial charge >= 0.3 is 0 Å². The van der Waals surface area contributed by atoms with E-state index in [1.54, 1.807) is 6.20 Å². The molecular weight excluding hydrogens is 288 g/mol. The van der Waals surface area contributed by atoms with E-state index in [1.807, 2.05) is 35.4 Å². The standard InChI is InChI=1S/C19H22N2O2/c22-18(16-4-5-17-13-20-9-6-15(17)12-16)21-10-11-23-19(14-21)7-2-1-3-8-19/h4-6,9,12-13H,1-3,7-8,10-11,14H2. The van der Waals surface area contributed by atoms with Crippen LogP contribution in [-0.4, -0.2) is 41.1 Å². The quantitative estimate of drug-likeness (QED) is 0.810. The van der Waals surface area contributed by atoms with Gasteiger partial charge in [0.2, 0.25) is 0 Å². The summed E-state index contributed by atoms with van der Waals surface area (Å²) in [6.07, 6.45) is 9.48. The zero-order valence-electron chi connectivity index (χ0n) is 13.3. The number of rotatable bonds is 1. The lowest BCUT2D eigenvalue weighted by Gasteiger charge is -2.45. The Labute approximate surface area is 136 Å². The fourth-order valence-electron chi connectivity index (χ4n) is 3.92. The highest BCUT2D eigenvalue weighted by Gasteiger charge is 2.39. The first-order valence-corrected chi connectivity index (χ1v) is 8.53. The van der Waals surface area contributed by atoms with Crippen molar-refractivity contribution in [2.45, 2.75) is 37.7 Å². The molecule has 0 atom stereocenters. The topological polar surface area (TPSA) is 42.4 Å². The van der Waals surface area contributed by atoms with E-state index in [1.165, 1.54) is 19.3 Å². The summed E-state index contributed by atoms with van der Waals surface area (Å²) in [5.41, 5.74) is 0.670. The number of pyridine rings is 1. The highest BCUT2D eigenvalue weighted by Crippen LogP contribution is 2.34. The summed E-state index contributed by atoms with van der Waals surface area (Å²) in [5, 5.41) is 2.13. The van der Waals surface area contributed by atoms with Gasteiger partial charge in [0.05, 0.1) is 18.8 Å². The molecule has 1 aliphatic carbocycles. The number of hydrogen-bond acceptors (Lipinski definition) is 3. The SMILES string of the molecule is O=C(c1ccc2cnccc2c1)N1CCOC2(CCCCC2)C1. The minimum Gasteiger partial charge on any atom is -0.371 e. The normalized spacial score (nSPS) is 20.8. The third-order valence-corrected chi connectivity index (χ3v) is 5.19. The third-order valence-electron chi connectivity index (χ3n) is 5.19. The van der Waals surface area contributed by atoms with E-state index in [4.69, 9.17) is 4.74 Å². The molecule has 2 heterocycles. The van der Waals surface area contributed by atoms with Gasteiger partial charge in [-0.3, -0.25) is 9.78 Å². The van der Waals surface area contributed by atoms with Crippen LogP contribution in [0.25, 0.3) is 10.8 Å². The molecule has 1 amide bonds. The van der Waals surface area contributed by atoms with Crippen molar-refractivity contribution in [3.8, 4) is 0 Å². The van der Waals surface area contributed by atoms with Crippen LogP contribution in [0.1, 0.15) is 42.5 Å². The Balaban J connectivity index is 1.57. The summed E-state index contributed by atoms with van der Waals surface area (Å²) in [6.45, 7) is 2.08. The fraction of sp³-hybridized carbons (Fsp3) is 0.474. The molecule has 0 unspecified atom stereocenters. The first kappa shape index (κ1) is 14.6. The lowest BCUT2D eigenvalue weighted by atomic mass is 9.83. The van der Waals surface area contributed by atoms with E-state index in [0.717, 1.165) is 35.7 Å². The Morgan fingerprint density at radius 1 is 1.13 bits per heavy atom. The third kappa shape index (κ3) is 2.83.